The number of hydrogen-bond donors (Lipinski definition) is 0. The molecule has 3 heterocycles. The zero-order valence-electron chi connectivity index (χ0n) is 12.7. The summed E-state index contributed by atoms with van der Waals surface area (Å²) in [5, 5.41) is 12.3. The molecule has 3 rings (SSSR count). The Hall–Kier alpha value is -2.18. The maximum absolute atomic E-state index is 12.4. The van der Waals surface area contributed by atoms with Crippen molar-refractivity contribution in [2.45, 2.75) is 46.2 Å². The van der Waals surface area contributed by atoms with Crippen molar-refractivity contribution in [3.8, 4) is 0 Å². The lowest BCUT2D eigenvalue weighted by Crippen LogP contribution is -2.40. The Balaban J connectivity index is 1.87. The van der Waals surface area contributed by atoms with Gasteiger partial charge in [0.1, 0.15) is 5.82 Å². The van der Waals surface area contributed by atoms with E-state index in [1.807, 2.05) is 0 Å². The molecular weight excluding hydrogens is 270 g/mol. The summed E-state index contributed by atoms with van der Waals surface area (Å²) in [6.07, 6.45) is 0. The first-order chi connectivity index (χ1) is 9.97. The van der Waals surface area contributed by atoms with Gasteiger partial charge in [-0.05, 0) is 13.8 Å². The van der Waals surface area contributed by atoms with Gasteiger partial charge < -0.3 is 14.0 Å². The molecule has 7 heteroatoms. The van der Waals surface area contributed by atoms with E-state index in [1.54, 1.807) is 17.9 Å². The van der Waals surface area contributed by atoms with Crippen LogP contribution in [0, 0.1) is 6.92 Å². The molecule has 0 bridgehead atoms. The maximum Gasteiger partial charge on any atom is 0.292 e. The molecule has 1 amide bonds. The molecule has 0 saturated carbocycles. The molecule has 2 aromatic heterocycles. The second-order valence-corrected chi connectivity index (χ2v) is 5.87. The summed E-state index contributed by atoms with van der Waals surface area (Å²) < 4.78 is 7.20. The fraction of sp³-hybridized carbons (Fsp3) is 0.571. The first-order valence-electron chi connectivity index (χ1n) is 7.13. The van der Waals surface area contributed by atoms with Crippen LogP contribution in [0.3, 0.4) is 0 Å². The first-order valence-corrected chi connectivity index (χ1v) is 7.13. The number of carbonyl (C=O) groups excluding carboxylic acids is 1. The Bertz CT molecular complexity index is 673. The number of amides is 1. The van der Waals surface area contributed by atoms with E-state index in [1.165, 1.54) is 0 Å². The Morgan fingerprint density at radius 2 is 2.19 bits per heavy atom. The van der Waals surface area contributed by atoms with E-state index < -0.39 is 0 Å². The fourth-order valence-corrected chi connectivity index (χ4v) is 2.73. The molecule has 0 saturated heterocycles. The van der Waals surface area contributed by atoms with E-state index in [0.29, 0.717) is 24.7 Å². The Kier molecular flexibility index (Phi) is 3.27. The third-order valence-corrected chi connectivity index (χ3v) is 3.69. The van der Waals surface area contributed by atoms with Crippen molar-refractivity contribution in [3.63, 3.8) is 0 Å². The van der Waals surface area contributed by atoms with E-state index in [-0.39, 0.29) is 17.7 Å². The van der Waals surface area contributed by atoms with Crippen LogP contribution in [-0.2, 0) is 6.54 Å². The largest absolute Gasteiger partial charge is 0.351 e. The summed E-state index contributed by atoms with van der Waals surface area (Å²) >= 11 is 0. The number of hydrogen-bond acceptors (Lipinski definition) is 5. The van der Waals surface area contributed by atoms with Gasteiger partial charge in [0.2, 0.25) is 5.76 Å². The van der Waals surface area contributed by atoms with Crippen LogP contribution in [0.5, 0.6) is 0 Å². The molecule has 0 aromatic carbocycles. The lowest BCUT2D eigenvalue weighted by Gasteiger charge is -2.32. The normalized spacial score (nSPS) is 18.1. The van der Waals surface area contributed by atoms with Crippen LogP contribution >= 0.6 is 0 Å². The van der Waals surface area contributed by atoms with Crippen LogP contribution in [0.1, 0.15) is 60.6 Å². The van der Waals surface area contributed by atoms with Crippen LogP contribution in [-0.4, -0.2) is 37.3 Å². The van der Waals surface area contributed by atoms with Crippen LogP contribution in [0.25, 0.3) is 0 Å². The molecule has 0 spiro atoms. The van der Waals surface area contributed by atoms with E-state index in [0.717, 1.165) is 11.6 Å². The van der Waals surface area contributed by atoms with Crippen LogP contribution < -0.4 is 0 Å². The molecule has 1 aliphatic rings. The first kappa shape index (κ1) is 13.8. The summed E-state index contributed by atoms with van der Waals surface area (Å²) in [7, 11) is 0. The smallest absolute Gasteiger partial charge is 0.292 e. The lowest BCUT2D eigenvalue weighted by atomic mass is 10.1. The minimum absolute atomic E-state index is 0.147. The lowest BCUT2D eigenvalue weighted by molar-refractivity contribution is 0.0637. The van der Waals surface area contributed by atoms with Gasteiger partial charge in [-0.15, -0.1) is 10.2 Å². The van der Waals surface area contributed by atoms with Gasteiger partial charge in [0.05, 0.1) is 18.3 Å². The fourth-order valence-electron chi connectivity index (χ4n) is 2.73. The van der Waals surface area contributed by atoms with Gasteiger partial charge in [-0.2, -0.15) is 0 Å². The zero-order valence-corrected chi connectivity index (χ0v) is 12.7. The molecule has 1 aliphatic heterocycles. The predicted octanol–water partition coefficient (Wildman–Crippen LogP) is 1.91. The zero-order chi connectivity index (χ0) is 15.1. The van der Waals surface area contributed by atoms with Crippen molar-refractivity contribution in [2.24, 2.45) is 0 Å². The number of fused-ring (bicyclic) bond motifs is 1. The summed E-state index contributed by atoms with van der Waals surface area (Å²) in [6, 6.07) is 1.81. The molecule has 7 nitrogen and oxygen atoms in total. The number of aryl methyl sites for hydroxylation is 1. The highest BCUT2D eigenvalue weighted by molar-refractivity contribution is 5.91. The molecule has 2 aromatic rings. The summed E-state index contributed by atoms with van der Waals surface area (Å²) in [4.78, 5) is 14.2. The SMILES string of the molecule is Cc1cc(C(=O)N2Cc3nnc(C(C)C)n3[C@@H](C)C2)on1. The third kappa shape index (κ3) is 2.32. The van der Waals surface area contributed by atoms with Gasteiger partial charge >= 0.3 is 0 Å². The van der Waals surface area contributed by atoms with Gasteiger partial charge in [-0.25, -0.2) is 0 Å². The van der Waals surface area contributed by atoms with Crippen molar-refractivity contribution in [2.75, 3.05) is 6.54 Å². The molecule has 0 fully saturated rings. The molecule has 21 heavy (non-hydrogen) atoms. The van der Waals surface area contributed by atoms with Crippen molar-refractivity contribution >= 4 is 5.91 Å². The van der Waals surface area contributed by atoms with Crippen LogP contribution in [0.2, 0.25) is 0 Å². The van der Waals surface area contributed by atoms with Crippen molar-refractivity contribution in [3.05, 3.63) is 29.2 Å². The van der Waals surface area contributed by atoms with Gasteiger partial charge in [0.25, 0.3) is 5.91 Å². The number of rotatable bonds is 2. The summed E-state index contributed by atoms with van der Waals surface area (Å²) in [6.45, 7) is 9.12. The molecule has 1 atom stereocenters. The van der Waals surface area contributed by atoms with E-state index in [9.17, 15) is 4.79 Å². The molecule has 0 radical (unpaired) electrons. The second kappa shape index (κ2) is 4.98. The van der Waals surface area contributed by atoms with E-state index in [4.69, 9.17) is 4.52 Å². The van der Waals surface area contributed by atoms with Gasteiger partial charge in [0, 0.05) is 18.5 Å². The highest BCUT2D eigenvalue weighted by Gasteiger charge is 2.31. The molecule has 0 N–H and O–H groups in total. The van der Waals surface area contributed by atoms with Gasteiger partial charge in [-0.3, -0.25) is 4.79 Å². The number of nitrogens with zero attached hydrogens (tertiary/aromatic N) is 5. The Morgan fingerprint density at radius 3 is 2.81 bits per heavy atom. The standard InChI is InChI=1S/C14H19N5O2/c1-8(2)13-16-15-12-7-18(6-10(4)19(12)13)14(20)11-5-9(3)17-21-11/h5,8,10H,6-7H2,1-4H3/t10-/m0/s1. The number of aromatic nitrogens is 4. The van der Waals surface area contributed by atoms with Crippen molar-refractivity contribution in [1.82, 2.24) is 24.8 Å². The van der Waals surface area contributed by atoms with Gasteiger partial charge in [-0.1, -0.05) is 19.0 Å². The molecule has 0 unspecified atom stereocenters. The minimum Gasteiger partial charge on any atom is -0.351 e. The highest BCUT2D eigenvalue weighted by Crippen LogP contribution is 2.26. The highest BCUT2D eigenvalue weighted by atomic mass is 16.5. The molecule has 112 valence electrons. The third-order valence-electron chi connectivity index (χ3n) is 3.69. The predicted molar refractivity (Wildman–Crippen MR) is 74.8 cm³/mol. The summed E-state index contributed by atoms with van der Waals surface area (Å²) in [5.74, 6) is 2.23. The second-order valence-electron chi connectivity index (χ2n) is 5.87. The molecular formula is C14H19N5O2. The van der Waals surface area contributed by atoms with Crippen LogP contribution in [0.15, 0.2) is 10.6 Å². The topological polar surface area (TPSA) is 77.0 Å². The maximum atomic E-state index is 12.4. The van der Waals surface area contributed by atoms with Crippen LogP contribution in [0.4, 0.5) is 0 Å². The molecule has 0 aliphatic carbocycles. The quantitative estimate of drug-likeness (QED) is 0.844. The summed E-state index contributed by atoms with van der Waals surface area (Å²) in [5.41, 5.74) is 0.702. The van der Waals surface area contributed by atoms with E-state index in [2.05, 4.69) is 40.7 Å². The average molecular weight is 289 g/mol. The van der Waals surface area contributed by atoms with Crippen molar-refractivity contribution < 1.29 is 9.32 Å². The Labute approximate surface area is 122 Å². The Morgan fingerprint density at radius 1 is 1.43 bits per heavy atom. The number of carbonyl (C=O) groups is 1. The monoisotopic (exact) mass is 289 g/mol. The van der Waals surface area contributed by atoms with Crippen molar-refractivity contribution in [1.29, 1.82) is 0 Å². The average Bonchev–Trinajstić information content (AvgIpc) is 3.04. The van der Waals surface area contributed by atoms with Gasteiger partial charge in [0.15, 0.2) is 5.82 Å². The van der Waals surface area contributed by atoms with E-state index >= 15 is 0 Å². The minimum atomic E-state index is -0.150.